The summed E-state index contributed by atoms with van der Waals surface area (Å²) in [6, 6.07) is 6.79. The summed E-state index contributed by atoms with van der Waals surface area (Å²) >= 11 is 0. The van der Waals surface area contributed by atoms with Crippen molar-refractivity contribution in [2.45, 2.75) is 33.6 Å². The molecule has 0 aromatic heterocycles. The van der Waals surface area contributed by atoms with Crippen LogP contribution in [-0.2, 0) is 0 Å². The molecular formula is C16H20. The van der Waals surface area contributed by atoms with Crippen LogP contribution in [0.15, 0.2) is 42.0 Å². The molecule has 0 N–H and O–H groups in total. The predicted molar refractivity (Wildman–Crippen MR) is 70.7 cm³/mol. The van der Waals surface area contributed by atoms with Gasteiger partial charge in [-0.25, -0.2) is 0 Å². The third-order valence-electron chi connectivity index (χ3n) is 3.46. The second kappa shape index (κ2) is 4.29. The average Bonchev–Trinajstić information content (AvgIpc) is 2.22. The van der Waals surface area contributed by atoms with E-state index in [1.807, 2.05) is 0 Å². The first-order valence-corrected chi connectivity index (χ1v) is 6.01. The molecule has 2 atom stereocenters. The lowest BCUT2D eigenvalue weighted by molar-refractivity contribution is 0.627. The van der Waals surface area contributed by atoms with E-state index in [2.05, 4.69) is 64.1 Å². The van der Waals surface area contributed by atoms with Crippen LogP contribution in [0, 0.1) is 19.8 Å². The smallest absolute Gasteiger partial charge is 0.00865 e. The lowest BCUT2D eigenvalue weighted by Gasteiger charge is -2.24. The molecule has 1 aliphatic rings. The zero-order chi connectivity index (χ0) is 11.7. The summed E-state index contributed by atoms with van der Waals surface area (Å²) in [7, 11) is 0. The Kier molecular flexibility index (Phi) is 3.00. The van der Waals surface area contributed by atoms with E-state index < -0.39 is 0 Å². The third-order valence-corrected chi connectivity index (χ3v) is 3.46. The highest BCUT2D eigenvalue weighted by atomic mass is 14.2. The molecule has 1 aliphatic carbocycles. The van der Waals surface area contributed by atoms with E-state index in [1.54, 1.807) is 0 Å². The molecule has 2 rings (SSSR count). The van der Waals surface area contributed by atoms with Gasteiger partial charge in [0, 0.05) is 5.92 Å². The van der Waals surface area contributed by atoms with Gasteiger partial charge in [0.2, 0.25) is 0 Å². The maximum absolute atomic E-state index is 2.39. The van der Waals surface area contributed by atoms with Crippen LogP contribution < -0.4 is 0 Å². The fraction of sp³-hybridized carbons (Fsp3) is 0.375. The van der Waals surface area contributed by atoms with Gasteiger partial charge in [-0.05, 0) is 37.8 Å². The van der Waals surface area contributed by atoms with E-state index in [4.69, 9.17) is 0 Å². The number of benzene rings is 1. The number of hydrogen-bond donors (Lipinski definition) is 0. The van der Waals surface area contributed by atoms with Gasteiger partial charge in [0.1, 0.15) is 0 Å². The molecule has 0 spiro atoms. The van der Waals surface area contributed by atoms with Crippen molar-refractivity contribution in [2.75, 3.05) is 0 Å². The number of hydrogen-bond acceptors (Lipinski definition) is 0. The van der Waals surface area contributed by atoms with Gasteiger partial charge in [-0.15, -0.1) is 0 Å². The molecule has 0 saturated heterocycles. The van der Waals surface area contributed by atoms with Crippen LogP contribution in [0.5, 0.6) is 0 Å². The number of rotatable bonds is 1. The zero-order valence-corrected chi connectivity index (χ0v) is 10.6. The van der Waals surface area contributed by atoms with E-state index >= 15 is 0 Å². The molecule has 0 nitrogen and oxygen atoms in total. The summed E-state index contributed by atoms with van der Waals surface area (Å²) in [6.45, 7) is 8.85. The molecule has 16 heavy (non-hydrogen) atoms. The molecule has 1 aromatic rings. The van der Waals surface area contributed by atoms with E-state index in [0.717, 1.165) is 0 Å². The van der Waals surface area contributed by atoms with Crippen LogP contribution in [0.2, 0.25) is 0 Å². The molecule has 0 heterocycles. The highest BCUT2D eigenvalue weighted by Gasteiger charge is 2.19. The van der Waals surface area contributed by atoms with Gasteiger partial charge in [0.15, 0.2) is 0 Å². The molecule has 0 bridgehead atoms. The molecule has 0 amide bonds. The fourth-order valence-corrected chi connectivity index (χ4v) is 2.49. The van der Waals surface area contributed by atoms with Crippen molar-refractivity contribution >= 4 is 0 Å². The first-order valence-electron chi connectivity index (χ1n) is 6.01. The summed E-state index contributed by atoms with van der Waals surface area (Å²) in [4.78, 5) is 0. The van der Waals surface area contributed by atoms with Crippen molar-refractivity contribution in [3.8, 4) is 0 Å². The van der Waals surface area contributed by atoms with Gasteiger partial charge in [0.05, 0.1) is 0 Å². The summed E-state index contributed by atoms with van der Waals surface area (Å²) < 4.78 is 0. The minimum atomic E-state index is 0.547. The van der Waals surface area contributed by atoms with E-state index in [9.17, 15) is 0 Å². The van der Waals surface area contributed by atoms with Crippen molar-refractivity contribution in [2.24, 2.45) is 5.92 Å². The monoisotopic (exact) mass is 212 g/mol. The summed E-state index contributed by atoms with van der Waals surface area (Å²) in [5.74, 6) is 1.15. The molecular weight excluding hydrogens is 192 g/mol. The average molecular weight is 212 g/mol. The first kappa shape index (κ1) is 11.2. The summed E-state index contributed by atoms with van der Waals surface area (Å²) in [5, 5.41) is 0. The molecule has 0 saturated carbocycles. The lowest BCUT2D eigenvalue weighted by atomic mass is 9.80. The van der Waals surface area contributed by atoms with Gasteiger partial charge >= 0.3 is 0 Å². The van der Waals surface area contributed by atoms with Crippen molar-refractivity contribution in [1.29, 1.82) is 0 Å². The molecule has 84 valence electrons. The van der Waals surface area contributed by atoms with Crippen LogP contribution in [0.4, 0.5) is 0 Å². The van der Waals surface area contributed by atoms with Gasteiger partial charge in [0.25, 0.3) is 0 Å². The first-order chi connectivity index (χ1) is 7.58. The third kappa shape index (κ3) is 2.11. The van der Waals surface area contributed by atoms with Gasteiger partial charge in [-0.3, -0.25) is 0 Å². The van der Waals surface area contributed by atoms with E-state index in [-0.39, 0.29) is 0 Å². The minimum Gasteiger partial charge on any atom is -0.0805 e. The van der Waals surface area contributed by atoms with E-state index in [0.29, 0.717) is 11.8 Å². The topological polar surface area (TPSA) is 0 Å². The van der Waals surface area contributed by atoms with Crippen LogP contribution in [0.25, 0.3) is 0 Å². The van der Waals surface area contributed by atoms with E-state index in [1.165, 1.54) is 22.3 Å². The molecule has 2 unspecified atom stereocenters. The predicted octanol–water partition coefficient (Wildman–Crippen LogP) is 4.54. The maximum atomic E-state index is 2.39. The quantitative estimate of drug-likeness (QED) is 0.641. The molecule has 1 aromatic carbocycles. The van der Waals surface area contributed by atoms with Crippen molar-refractivity contribution in [1.82, 2.24) is 0 Å². The second-order valence-electron chi connectivity index (χ2n) is 5.01. The molecule has 0 heteroatoms. The fourth-order valence-electron chi connectivity index (χ4n) is 2.49. The number of allylic oxidation sites excluding steroid dienone is 4. The second-order valence-corrected chi connectivity index (χ2v) is 5.01. The van der Waals surface area contributed by atoms with Crippen LogP contribution in [0.3, 0.4) is 0 Å². The molecule has 0 radical (unpaired) electrons. The van der Waals surface area contributed by atoms with Crippen LogP contribution in [0.1, 0.15) is 36.5 Å². The Morgan fingerprint density at radius 1 is 1.06 bits per heavy atom. The molecule has 0 aliphatic heterocycles. The maximum Gasteiger partial charge on any atom is 0.00865 e. The Labute approximate surface area is 98.7 Å². The van der Waals surface area contributed by atoms with Crippen molar-refractivity contribution in [3.63, 3.8) is 0 Å². The lowest BCUT2D eigenvalue weighted by Crippen LogP contribution is -2.10. The normalized spacial score (nSPS) is 24.4. The summed E-state index contributed by atoms with van der Waals surface area (Å²) in [5.41, 5.74) is 5.61. The SMILES string of the molecule is CC1=CC(c2ccc(C)cc2C)C(C)C=C1. The highest BCUT2D eigenvalue weighted by molar-refractivity contribution is 5.40. The Hall–Kier alpha value is -1.30. The molecule has 0 fully saturated rings. The van der Waals surface area contributed by atoms with Crippen LogP contribution >= 0.6 is 0 Å². The highest BCUT2D eigenvalue weighted by Crippen LogP contribution is 2.33. The number of aryl methyl sites for hydroxylation is 2. The van der Waals surface area contributed by atoms with Crippen molar-refractivity contribution in [3.05, 3.63) is 58.7 Å². The van der Waals surface area contributed by atoms with Crippen LogP contribution in [-0.4, -0.2) is 0 Å². The standard InChI is InChI=1S/C16H20/c1-11-6-8-15(14(4)9-11)16-10-12(2)5-7-13(16)3/h5-10,13,16H,1-4H3. The Bertz CT molecular complexity index is 449. The van der Waals surface area contributed by atoms with Gasteiger partial charge in [-0.2, -0.15) is 0 Å². The zero-order valence-electron chi connectivity index (χ0n) is 10.6. The minimum absolute atomic E-state index is 0.547. The Morgan fingerprint density at radius 3 is 2.50 bits per heavy atom. The Balaban J connectivity index is 2.40. The van der Waals surface area contributed by atoms with Crippen molar-refractivity contribution < 1.29 is 0 Å². The van der Waals surface area contributed by atoms with Gasteiger partial charge < -0.3 is 0 Å². The largest absolute Gasteiger partial charge is 0.0805 e. The summed E-state index contributed by atoms with van der Waals surface area (Å²) in [6.07, 6.45) is 6.94. The Morgan fingerprint density at radius 2 is 1.81 bits per heavy atom. The van der Waals surface area contributed by atoms with Gasteiger partial charge in [-0.1, -0.05) is 54.5 Å².